The third-order valence-electron chi connectivity index (χ3n) is 7.08. The van der Waals surface area contributed by atoms with Crippen LogP contribution in [0.4, 0.5) is 17.1 Å². The Morgan fingerprint density at radius 1 is 0.881 bits per heavy atom. The van der Waals surface area contributed by atoms with Gasteiger partial charge in [-0.2, -0.15) is 0 Å². The number of carbonyl (C=O) groups is 4. The lowest BCUT2D eigenvalue weighted by Crippen LogP contribution is -2.35. The maximum atomic E-state index is 13.8. The summed E-state index contributed by atoms with van der Waals surface area (Å²) < 4.78 is 5.55. The third-order valence-corrected chi connectivity index (χ3v) is 7.08. The SMILES string of the molecule is COc1cc(NC(=O)c2ccccc2-c2ccc(C)cc2)ccc1C(=O)N1CCC(=O)N(CC(=O)O)c2ccccc21. The molecule has 0 saturated carbocycles. The number of carboxylic acid groups (broad SMARTS) is 1. The van der Waals surface area contributed by atoms with Crippen molar-refractivity contribution in [2.24, 2.45) is 0 Å². The second kappa shape index (κ2) is 12.0. The lowest BCUT2D eigenvalue weighted by Gasteiger charge is -2.25. The highest BCUT2D eigenvalue weighted by atomic mass is 16.5. The molecule has 4 aromatic rings. The number of fused-ring (bicyclic) bond motifs is 1. The number of carboxylic acids is 1. The predicted molar refractivity (Wildman–Crippen MR) is 160 cm³/mol. The van der Waals surface area contributed by atoms with Crippen LogP contribution in [0.3, 0.4) is 0 Å². The Kier molecular flexibility index (Phi) is 8.01. The number of aliphatic carboxylic acids is 1. The van der Waals surface area contributed by atoms with Crippen molar-refractivity contribution in [2.75, 3.05) is 35.3 Å². The van der Waals surface area contributed by atoms with Crippen molar-refractivity contribution in [2.45, 2.75) is 13.3 Å². The molecule has 4 aromatic carbocycles. The third kappa shape index (κ3) is 5.71. The average molecular weight is 564 g/mol. The zero-order valence-corrected chi connectivity index (χ0v) is 23.2. The zero-order valence-electron chi connectivity index (χ0n) is 23.2. The van der Waals surface area contributed by atoms with Gasteiger partial charge in [-0.05, 0) is 48.4 Å². The van der Waals surface area contributed by atoms with E-state index in [-0.39, 0.29) is 30.2 Å². The molecule has 1 heterocycles. The van der Waals surface area contributed by atoms with Gasteiger partial charge in [0.25, 0.3) is 11.8 Å². The molecule has 5 rings (SSSR count). The molecule has 0 aliphatic carbocycles. The van der Waals surface area contributed by atoms with E-state index >= 15 is 0 Å². The number of benzene rings is 4. The lowest BCUT2D eigenvalue weighted by atomic mass is 9.98. The molecule has 1 aliphatic rings. The lowest BCUT2D eigenvalue weighted by molar-refractivity contribution is -0.136. The van der Waals surface area contributed by atoms with Gasteiger partial charge in [0.15, 0.2) is 0 Å². The van der Waals surface area contributed by atoms with Gasteiger partial charge < -0.3 is 20.1 Å². The van der Waals surface area contributed by atoms with Crippen molar-refractivity contribution < 1.29 is 29.0 Å². The molecule has 2 N–H and O–H groups in total. The van der Waals surface area contributed by atoms with Gasteiger partial charge in [-0.15, -0.1) is 0 Å². The number of methoxy groups -OCH3 is 1. The molecular formula is C33H29N3O6. The molecule has 9 heteroatoms. The van der Waals surface area contributed by atoms with Gasteiger partial charge in [-0.25, -0.2) is 0 Å². The van der Waals surface area contributed by atoms with Crippen molar-refractivity contribution in [3.63, 3.8) is 0 Å². The summed E-state index contributed by atoms with van der Waals surface area (Å²) in [6, 6.07) is 26.7. The van der Waals surface area contributed by atoms with Crippen LogP contribution in [0, 0.1) is 6.92 Å². The Morgan fingerprint density at radius 2 is 1.57 bits per heavy atom. The quantitative estimate of drug-likeness (QED) is 0.312. The number of para-hydroxylation sites is 2. The standard InChI is InChI=1S/C33H29N3O6/c1-21-11-13-22(14-12-21)24-7-3-4-8-25(24)32(40)34-23-15-16-26(29(19-23)42-2)33(41)35-18-17-30(37)36(20-31(38)39)28-10-6-5-9-27(28)35/h3-16,19H,17-18,20H2,1-2H3,(H,34,40)(H,38,39). The molecule has 3 amide bonds. The fourth-order valence-electron chi connectivity index (χ4n) is 4.99. The summed E-state index contributed by atoms with van der Waals surface area (Å²) in [4.78, 5) is 54.0. The molecule has 0 saturated heterocycles. The summed E-state index contributed by atoms with van der Waals surface area (Å²) in [5.74, 6) is -2.05. The second-order valence-corrected chi connectivity index (χ2v) is 9.85. The van der Waals surface area contributed by atoms with E-state index in [2.05, 4.69) is 5.32 Å². The summed E-state index contributed by atoms with van der Waals surface area (Å²) in [7, 11) is 1.43. The topological polar surface area (TPSA) is 116 Å². The van der Waals surface area contributed by atoms with E-state index < -0.39 is 24.3 Å². The Hall–Kier alpha value is -5.44. The van der Waals surface area contributed by atoms with Gasteiger partial charge in [0, 0.05) is 30.3 Å². The number of nitrogens with zero attached hydrogens (tertiary/aromatic N) is 2. The smallest absolute Gasteiger partial charge is 0.323 e. The van der Waals surface area contributed by atoms with Gasteiger partial charge in [0.1, 0.15) is 12.3 Å². The summed E-state index contributed by atoms with van der Waals surface area (Å²) in [6.45, 7) is 1.55. The first-order valence-electron chi connectivity index (χ1n) is 13.4. The Morgan fingerprint density at radius 3 is 2.29 bits per heavy atom. The number of hydrogen-bond donors (Lipinski definition) is 2. The molecule has 0 atom stereocenters. The van der Waals surface area contributed by atoms with E-state index in [1.165, 1.54) is 16.9 Å². The number of hydrogen-bond acceptors (Lipinski definition) is 5. The van der Waals surface area contributed by atoms with E-state index in [0.717, 1.165) is 16.7 Å². The average Bonchev–Trinajstić information content (AvgIpc) is 3.13. The molecule has 0 fully saturated rings. The second-order valence-electron chi connectivity index (χ2n) is 9.85. The minimum atomic E-state index is -1.15. The summed E-state index contributed by atoms with van der Waals surface area (Å²) in [5, 5.41) is 12.3. The first-order chi connectivity index (χ1) is 20.3. The molecule has 9 nitrogen and oxygen atoms in total. The number of aryl methyl sites for hydroxylation is 1. The van der Waals surface area contributed by atoms with Crippen LogP contribution in [0.1, 0.15) is 32.7 Å². The van der Waals surface area contributed by atoms with Gasteiger partial charge in [-0.1, -0.05) is 60.2 Å². The van der Waals surface area contributed by atoms with Gasteiger partial charge in [0.2, 0.25) is 5.91 Å². The molecule has 0 radical (unpaired) electrons. The van der Waals surface area contributed by atoms with Crippen LogP contribution in [0.2, 0.25) is 0 Å². The number of rotatable bonds is 7. The van der Waals surface area contributed by atoms with Gasteiger partial charge in [-0.3, -0.25) is 24.1 Å². The van der Waals surface area contributed by atoms with Crippen molar-refractivity contribution in [3.05, 3.63) is 108 Å². The maximum Gasteiger partial charge on any atom is 0.323 e. The Labute approximate surface area is 243 Å². The monoisotopic (exact) mass is 563 g/mol. The van der Waals surface area contributed by atoms with Crippen LogP contribution >= 0.6 is 0 Å². The molecule has 42 heavy (non-hydrogen) atoms. The van der Waals surface area contributed by atoms with Crippen LogP contribution in [0.15, 0.2) is 91.0 Å². The molecule has 0 bridgehead atoms. The highest BCUT2D eigenvalue weighted by Crippen LogP contribution is 2.35. The van der Waals surface area contributed by atoms with Crippen LogP contribution in [-0.2, 0) is 9.59 Å². The van der Waals surface area contributed by atoms with Crippen molar-refractivity contribution in [3.8, 4) is 16.9 Å². The molecule has 0 aromatic heterocycles. The highest BCUT2D eigenvalue weighted by molar-refractivity contribution is 6.13. The molecular weight excluding hydrogens is 534 g/mol. The zero-order chi connectivity index (χ0) is 29.8. The minimum absolute atomic E-state index is 0.0510. The van der Waals surface area contributed by atoms with E-state index in [9.17, 15) is 24.3 Å². The van der Waals surface area contributed by atoms with Crippen LogP contribution in [0.5, 0.6) is 5.75 Å². The fraction of sp³-hybridized carbons (Fsp3) is 0.152. The summed E-state index contributed by atoms with van der Waals surface area (Å²) in [6.07, 6.45) is -0.0510. The molecule has 1 aliphatic heterocycles. The van der Waals surface area contributed by atoms with E-state index in [1.807, 2.05) is 43.3 Å². The maximum absolute atomic E-state index is 13.8. The number of nitrogens with one attached hydrogen (secondary N) is 1. The summed E-state index contributed by atoms with van der Waals surface area (Å²) in [5.41, 5.74) is 4.75. The number of anilines is 3. The van der Waals surface area contributed by atoms with E-state index in [4.69, 9.17) is 4.74 Å². The normalized spacial score (nSPS) is 12.8. The number of amides is 3. The first-order valence-corrected chi connectivity index (χ1v) is 13.4. The van der Waals surface area contributed by atoms with Crippen LogP contribution in [-0.4, -0.2) is 49.0 Å². The predicted octanol–water partition coefficient (Wildman–Crippen LogP) is 5.39. The van der Waals surface area contributed by atoms with Gasteiger partial charge in [0.05, 0.1) is 24.0 Å². The number of carbonyl (C=O) groups excluding carboxylic acids is 3. The molecule has 0 unspecified atom stereocenters. The largest absolute Gasteiger partial charge is 0.496 e. The highest BCUT2D eigenvalue weighted by Gasteiger charge is 2.31. The van der Waals surface area contributed by atoms with Crippen LogP contribution < -0.4 is 19.9 Å². The summed E-state index contributed by atoms with van der Waals surface area (Å²) >= 11 is 0. The molecule has 212 valence electrons. The van der Waals surface area contributed by atoms with Crippen molar-refractivity contribution in [1.82, 2.24) is 0 Å². The van der Waals surface area contributed by atoms with Crippen LogP contribution in [0.25, 0.3) is 11.1 Å². The van der Waals surface area contributed by atoms with E-state index in [1.54, 1.807) is 54.6 Å². The minimum Gasteiger partial charge on any atom is -0.496 e. The molecule has 0 spiro atoms. The van der Waals surface area contributed by atoms with Crippen molar-refractivity contribution in [1.29, 1.82) is 0 Å². The van der Waals surface area contributed by atoms with Gasteiger partial charge >= 0.3 is 5.97 Å². The fourth-order valence-corrected chi connectivity index (χ4v) is 4.99. The number of ether oxygens (including phenoxy) is 1. The Balaban J connectivity index is 1.42. The first kappa shape index (κ1) is 28.1. The van der Waals surface area contributed by atoms with Crippen molar-refractivity contribution >= 4 is 40.8 Å². The van der Waals surface area contributed by atoms with E-state index in [0.29, 0.717) is 22.6 Å². The Bertz CT molecular complexity index is 1680.